The lowest BCUT2D eigenvalue weighted by molar-refractivity contribution is -0.137. The molecule has 0 aliphatic carbocycles. The molecule has 0 aliphatic heterocycles. The molecule has 1 heterocycles. The summed E-state index contributed by atoms with van der Waals surface area (Å²) in [6.45, 7) is 1.54. The van der Waals surface area contributed by atoms with Crippen molar-refractivity contribution in [2.24, 2.45) is 0 Å². The number of aryl methyl sites for hydroxylation is 1. The van der Waals surface area contributed by atoms with E-state index in [9.17, 15) is 20.1 Å². The van der Waals surface area contributed by atoms with Crippen LogP contribution in [0.25, 0.3) is 24.3 Å². The molecule has 3 rings (SSSR count). The highest BCUT2D eigenvalue weighted by molar-refractivity contribution is 5.74. The van der Waals surface area contributed by atoms with Crippen LogP contribution < -0.4 is 4.74 Å². The molecule has 0 amide bonds. The van der Waals surface area contributed by atoms with Gasteiger partial charge in [-0.25, -0.2) is 0 Å². The molecule has 0 saturated heterocycles. The van der Waals surface area contributed by atoms with E-state index in [0.29, 0.717) is 17.1 Å². The number of phenolic OH excluding ortho intramolecular Hbond substituents is 2. The fourth-order valence-corrected chi connectivity index (χ4v) is 2.87. The second-order valence-electron chi connectivity index (χ2n) is 6.69. The molecule has 3 N–H and O–H groups in total. The van der Waals surface area contributed by atoms with Gasteiger partial charge in [0.15, 0.2) is 11.5 Å². The molecule has 0 bridgehead atoms. The highest BCUT2D eigenvalue weighted by Crippen LogP contribution is 2.27. The molecular formula is C23H22N2O5. The normalized spacial score (nSPS) is 11.4. The van der Waals surface area contributed by atoms with E-state index in [4.69, 9.17) is 4.74 Å². The van der Waals surface area contributed by atoms with Crippen molar-refractivity contribution in [1.29, 1.82) is 0 Å². The fourth-order valence-electron chi connectivity index (χ4n) is 2.87. The maximum atomic E-state index is 11.2. The van der Waals surface area contributed by atoms with Crippen LogP contribution in [0.15, 0.2) is 42.5 Å². The number of carbonyl (C=O) groups is 1. The van der Waals surface area contributed by atoms with Gasteiger partial charge >= 0.3 is 5.97 Å². The van der Waals surface area contributed by atoms with E-state index in [2.05, 4.69) is 5.10 Å². The minimum absolute atomic E-state index is 0.0439. The van der Waals surface area contributed by atoms with Crippen molar-refractivity contribution in [3.8, 4) is 17.2 Å². The molecule has 0 radical (unpaired) electrons. The maximum absolute atomic E-state index is 11.2. The van der Waals surface area contributed by atoms with Crippen LogP contribution in [-0.4, -0.2) is 38.2 Å². The van der Waals surface area contributed by atoms with Gasteiger partial charge in [-0.15, -0.1) is 0 Å². The summed E-state index contributed by atoms with van der Waals surface area (Å²) in [5, 5.41) is 32.9. The van der Waals surface area contributed by atoms with Crippen LogP contribution in [0, 0.1) is 6.92 Å². The number of rotatable bonds is 7. The molecule has 154 valence electrons. The third-order valence-corrected chi connectivity index (χ3v) is 4.43. The van der Waals surface area contributed by atoms with Crippen molar-refractivity contribution in [2.45, 2.75) is 13.5 Å². The van der Waals surface area contributed by atoms with Crippen LogP contribution in [0.1, 0.15) is 28.1 Å². The van der Waals surface area contributed by atoms with Gasteiger partial charge in [-0.2, -0.15) is 5.10 Å². The minimum Gasteiger partial charge on any atom is -0.508 e. The number of aromatic hydroxyl groups is 2. The van der Waals surface area contributed by atoms with Crippen molar-refractivity contribution >= 4 is 30.3 Å². The number of hydrogen-bond donors (Lipinski definition) is 3. The number of carboxylic acid groups (broad SMARTS) is 1. The first-order valence-corrected chi connectivity index (χ1v) is 9.18. The molecule has 3 aromatic rings. The Labute approximate surface area is 173 Å². The van der Waals surface area contributed by atoms with Crippen molar-refractivity contribution < 1.29 is 24.9 Å². The quantitative estimate of drug-likeness (QED) is 0.547. The topological polar surface area (TPSA) is 105 Å². The van der Waals surface area contributed by atoms with Gasteiger partial charge in [-0.3, -0.25) is 9.48 Å². The number of phenols is 2. The van der Waals surface area contributed by atoms with Crippen LogP contribution in [0.3, 0.4) is 0 Å². The van der Waals surface area contributed by atoms with Gasteiger partial charge in [-0.1, -0.05) is 24.3 Å². The fraction of sp³-hybridized carbons (Fsp3) is 0.130. The van der Waals surface area contributed by atoms with E-state index >= 15 is 0 Å². The summed E-state index contributed by atoms with van der Waals surface area (Å²) in [4.78, 5) is 11.2. The Morgan fingerprint density at radius 2 is 1.67 bits per heavy atom. The zero-order valence-corrected chi connectivity index (χ0v) is 16.6. The number of hydrogen-bond acceptors (Lipinski definition) is 5. The lowest BCUT2D eigenvalue weighted by Crippen LogP contribution is -2.11. The summed E-state index contributed by atoms with van der Waals surface area (Å²) in [5.74, 6) is -0.369. The van der Waals surface area contributed by atoms with E-state index < -0.39 is 5.97 Å². The molecule has 0 saturated carbocycles. The Morgan fingerprint density at radius 1 is 1.00 bits per heavy atom. The second kappa shape index (κ2) is 9.00. The first-order valence-electron chi connectivity index (χ1n) is 9.18. The summed E-state index contributed by atoms with van der Waals surface area (Å²) in [7, 11) is 1.47. The van der Waals surface area contributed by atoms with Crippen LogP contribution in [-0.2, 0) is 11.3 Å². The predicted molar refractivity (Wildman–Crippen MR) is 115 cm³/mol. The first-order chi connectivity index (χ1) is 14.4. The second-order valence-corrected chi connectivity index (χ2v) is 6.69. The average molecular weight is 406 g/mol. The van der Waals surface area contributed by atoms with Gasteiger partial charge < -0.3 is 20.1 Å². The molecule has 0 atom stereocenters. The van der Waals surface area contributed by atoms with Gasteiger partial charge in [0.25, 0.3) is 0 Å². The van der Waals surface area contributed by atoms with E-state index in [-0.39, 0.29) is 18.0 Å². The molecule has 0 aliphatic rings. The zero-order valence-electron chi connectivity index (χ0n) is 16.6. The number of carboxylic acids is 1. The van der Waals surface area contributed by atoms with Gasteiger partial charge in [0.2, 0.25) is 0 Å². The molecule has 0 unspecified atom stereocenters. The summed E-state index contributed by atoms with van der Waals surface area (Å²) < 4.78 is 6.50. The summed E-state index contributed by atoms with van der Waals surface area (Å²) in [6, 6.07) is 12.0. The van der Waals surface area contributed by atoms with Crippen LogP contribution >= 0.6 is 0 Å². The van der Waals surface area contributed by atoms with E-state index in [0.717, 1.165) is 16.7 Å². The van der Waals surface area contributed by atoms with Gasteiger partial charge in [0, 0.05) is 0 Å². The number of benzene rings is 2. The SMILES string of the molecule is COc1cc(/C=C/c2cc(/C=C/c3ccc(O)c(C)c3)nn2CC(=O)O)ccc1O. The highest BCUT2D eigenvalue weighted by atomic mass is 16.5. The molecule has 1 aromatic heterocycles. The first kappa shape index (κ1) is 20.7. The summed E-state index contributed by atoms with van der Waals surface area (Å²) >= 11 is 0. The molecule has 7 heteroatoms. The maximum Gasteiger partial charge on any atom is 0.325 e. The predicted octanol–water partition coefficient (Wildman–Crippen LogP) is 4.04. The number of aromatic nitrogens is 2. The third-order valence-electron chi connectivity index (χ3n) is 4.43. The van der Waals surface area contributed by atoms with Crippen LogP contribution in [0.4, 0.5) is 0 Å². The Hall–Kier alpha value is -4.00. The Kier molecular flexibility index (Phi) is 6.22. The van der Waals surface area contributed by atoms with Crippen molar-refractivity contribution in [3.05, 3.63) is 70.5 Å². The number of nitrogens with zero attached hydrogens (tertiary/aromatic N) is 2. The van der Waals surface area contributed by atoms with Crippen molar-refractivity contribution in [3.63, 3.8) is 0 Å². The molecule has 2 aromatic carbocycles. The van der Waals surface area contributed by atoms with E-state index in [1.807, 2.05) is 19.1 Å². The zero-order chi connectivity index (χ0) is 21.7. The monoisotopic (exact) mass is 406 g/mol. The lowest BCUT2D eigenvalue weighted by Gasteiger charge is -2.04. The Morgan fingerprint density at radius 3 is 2.33 bits per heavy atom. The van der Waals surface area contributed by atoms with Crippen molar-refractivity contribution in [2.75, 3.05) is 7.11 Å². The van der Waals surface area contributed by atoms with Crippen LogP contribution in [0.5, 0.6) is 17.2 Å². The number of aliphatic carboxylic acids is 1. The van der Waals surface area contributed by atoms with E-state index in [1.54, 1.807) is 48.6 Å². The number of methoxy groups -OCH3 is 1. The van der Waals surface area contributed by atoms with Gasteiger partial charge in [0.05, 0.1) is 18.5 Å². The Bertz CT molecular complexity index is 1130. The van der Waals surface area contributed by atoms with E-state index in [1.165, 1.54) is 17.9 Å². The van der Waals surface area contributed by atoms with Gasteiger partial charge in [-0.05, 0) is 66.1 Å². The smallest absolute Gasteiger partial charge is 0.325 e. The van der Waals surface area contributed by atoms with Crippen LogP contribution in [0.2, 0.25) is 0 Å². The molecule has 0 fully saturated rings. The van der Waals surface area contributed by atoms with Crippen molar-refractivity contribution in [1.82, 2.24) is 9.78 Å². The standard InChI is InChI=1S/C23H22N2O5/c1-15-11-16(5-9-20(15)26)3-7-18-13-19(25(24-18)14-23(28)29)8-4-17-6-10-21(27)22(12-17)30-2/h3-13,26-27H,14H2,1-2H3,(H,28,29)/b7-3+,8-4+. The van der Waals surface area contributed by atoms with Gasteiger partial charge in [0.1, 0.15) is 12.3 Å². The molecule has 30 heavy (non-hydrogen) atoms. The molecular weight excluding hydrogens is 384 g/mol. The molecule has 7 nitrogen and oxygen atoms in total. The minimum atomic E-state index is -0.997. The Balaban J connectivity index is 1.88. The summed E-state index contributed by atoms with van der Waals surface area (Å²) in [6.07, 6.45) is 7.17. The third kappa shape index (κ3) is 5.08. The average Bonchev–Trinajstić information content (AvgIpc) is 3.09. The lowest BCUT2D eigenvalue weighted by atomic mass is 10.1. The summed E-state index contributed by atoms with van der Waals surface area (Å²) in [5.41, 5.74) is 3.66. The molecule has 0 spiro atoms. The number of ether oxygens (including phenoxy) is 1. The largest absolute Gasteiger partial charge is 0.508 e. The highest BCUT2D eigenvalue weighted by Gasteiger charge is 2.08.